The minimum Gasteiger partial charge on any atom is -0.361 e. The number of aromatic amines is 1. The number of hydrogen-bond donors (Lipinski definition) is 2. The van der Waals surface area contributed by atoms with Crippen molar-refractivity contribution in [3.63, 3.8) is 0 Å². The standard InChI is InChI=1S/C21H27N5O/c1-14-21(15(2)25(3)24-14)23-20(27)13-26-10-8-16(9-11-26)18-12-22-19-7-5-4-6-17(18)19/h4-7,12,16,22H,8-11,13H2,1-3H3,(H,23,27). The third kappa shape index (κ3) is 3.49. The van der Waals surface area contributed by atoms with E-state index in [1.165, 1.54) is 16.5 Å². The number of carbonyl (C=O) groups excluding carboxylic acids is 1. The first-order valence-corrected chi connectivity index (χ1v) is 9.61. The van der Waals surface area contributed by atoms with Crippen LogP contribution in [0.1, 0.15) is 35.7 Å². The highest BCUT2D eigenvalue weighted by atomic mass is 16.2. The van der Waals surface area contributed by atoms with Gasteiger partial charge in [0.15, 0.2) is 0 Å². The van der Waals surface area contributed by atoms with Gasteiger partial charge >= 0.3 is 0 Å². The Balaban J connectivity index is 1.35. The van der Waals surface area contributed by atoms with Crippen LogP contribution in [0, 0.1) is 13.8 Å². The zero-order valence-corrected chi connectivity index (χ0v) is 16.2. The monoisotopic (exact) mass is 365 g/mol. The quantitative estimate of drug-likeness (QED) is 0.745. The highest BCUT2D eigenvalue weighted by Crippen LogP contribution is 2.33. The molecule has 1 amide bonds. The third-order valence-corrected chi connectivity index (χ3v) is 5.79. The number of hydrogen-bond acceptors (Lipinski definition) is 3. The lowest BCUT2D eigenvalue weighted by atomic mass is 9.89. The summed E-state index contributed by atoms with van der Waals surface area (Å²) < 4.78 is 1.80. The number of anilines is 1. The number of aromatic nitrogens is 3. The Morgan fingerprint density at radius 2 is 2.00 bits per heavy atom. The van der Waals surface area contributed by atoms with Gasteiger partial charge in [-0.15, -0.1) is 0 Å². The van der Waals surface area contributed by atoms with E-state index < -0.39 is 0 Å². The molecule has 6 nitrogen and oxygen atoms in total. The smallest absolute Gasteiger partial charge is 0.238 e. The molecule has 1 aliphatic heterocycles. The molecule has 4 rings (SSSR count). The lowest BCUT2D eigenvalue weighted by Gasteiger charge is -2.31. The van der Waals surface area contributed by atoms with E-state index in [4.69, 9.17) is 0 Å². The molecule has 0 radical (unpaired) electrons. The predicted octanol–water partition coefficient (Wildman–Crippen LogP) is 3.34. The minimum atomic E-state index is 0.0414. The van der Waals surface area contributed by atoms with Crippen molar-refractivity contribution < 1.29 is 4.79 Å². The number of likely N-dealkylation sites (tertiary alicyclic amines) is 1. The van der Waals surface area contributed by atoms with Gasteiger partial charge in [0.05, 0.1) is 23.6 Å². The zero-order chi connectivity index (χ0) is 19.0. The molecular formula is C21H27N5O. The number of carbonyl (C=O) groups is 1. The minimum absolute atomic E-state index is 0.0414. The first-order chi connectivity index (χ1) is 13.0. The number of fused-ring (bicyclic) bond motifs is 1. The number of H-pyrrole nitrogens is 1. The fourth-order valence-electron chi connectivity index (χ4n) is 4.17. The summed E-state index contributed by atoms with van der Waals surface area (Å²) in [6.45, 7) is 6.23. The van der Waals surface area contributed by atoms with Gasteiger partial charge in [-0.05, 0) is 57.3 Å². The molecule has 27 heavy (non-hydrogen) atoms. The van der Waals surface area contributed by atoms with Crippen LogP contribution in [0.2, 0.25) is 0 Å². The van der Waals surface area contributed by atoms with Crippen molar-refractivity contribution in [3.8, 4) is 0 Å². The van der Waals surface area contributed by atoms with Gasteiger partial charge in [-0.2, -0.15) is 5.10 Å². The number of para-hydroxylation sites is 1. The van der Waals surface area contributed by atoms with Gasteiger partial charge in [-0.25, -0.2) is 0 Å². The summed E-state index contributed by atoms with van der Waals surface area (Å²) in [6.07, 6.45) is 4.33. The highest BCUT2D eigenvalue weighted by Gasteiger charge is 2.24. The number of aryl methyl sites for hydroxylation is 2. The Labute approximate surface area is 159 Å². The zero-order valence-electron chi connectivity index (χ0n) is 16.2. The molecule has 1 fully saturated rings. The van der Waals surface area contributed by atoms with E-state index >= 15 is 0 Å². The van der Waals surface area contributed by atoms with Gasteiger partial charge in [0.2, 0.25) is 5.91 Å². The van der Waals surface area contributed by atoms with E-state index in [9.17, 15) is 4.79 Å². The van der Waals surface area contributed by atoms with Crippen molar-refractivity contribution in [2.45, 2.75) is 32.6 Å². The summed E-state index contributed by atoms with van der Waals surface area (Å²) in [7, 11) is 1.90. The second-order valence-electron chi connectivity index (χ2n) is 7.56. The SMILES string of the molecule is Cc1nn(C)c(C)c1NC(=O)CN1CCC(c2c[nH]c3ccccc23)CC1. The third-order valence-electron chi connectivity index (χ3n) is 5.79. The van der Waals surface area contributed by atoms with E-state index in [1.807, 2.05) is 20.9 Å². The average molecular weight is 365 g/mol. The Morgan fingerprint density at radius 3 is 2.70 bits per heavy atom. The first kappa shape index (κ1) is 17.8. The van der Waals surface area contributed by atoms with Crippen LogP contribution >= 0.6 is 0 Å². The van der Waals surface area contributed by atoms with Gasteiger partial charge in [0.1, 0.15) is 0 Å². The Hall–Kier alpha value is -2.60. The van der Waals surface area contributed by atoms with E-state index in [1.54, 1.807) is 4.68 Å². The first-order valence-electron chi connectivity index (χ1n) is 9.61. The Kier molecular flexibility index (Phi) is 4.74. The lowest BCUT2D eigenvalue weighted by molar-refractivity contribution is -0.117. The molecule has 1 aliphatic rings. The van der Waals surface area contributed by atoms with Crippen molar-refractivity contribution in [1.82, 2.24) is 19.7 Å². The molecule has 0 aliphatic carbocycles. The number of nitrogens with one attached hydrogen (secondary N) is 2. The molecule has 3 aromatic rings. The van der Waals surface area contributed by atoms with Crippen LogP contribution in [0.25, 0.3) is 10.9 Å². The van der Waals surface area contributed by atoms with Crippen LogP contribution in [-0.4, -0.2) is 45.2 Å². The van der Waals surface area contributed by atoms with Crippen LogP contribution in [0.3, 0.4) is 0 Å². The summed E-state index contributed by atoms with van der Waals surface area (Å²) in [5, 5.41) is 8.73. The van der Waals surface area contributed by atoms with Gasteiger partial charge in [-0.3, -0.25) is 14.4 Å². The van der Waals surface area contributed by atoms with Crippen LogP contribution < -0.4 is 5.32 Å². The number of amides is 1. The molecule has 1 saturated heterocycles. The van der Waals surface area contributed by atoms with E-state index in [-0.39, 0.29) is 5.91 Å². The van der Waals surface area contributed by atoms with Crippen molar-refractivity contribution in [1.29, 1.82) is 0 Å². The summed E-state index contributed by atoms with van der Waals surface area (Å²) in [4.78, 5) is 18.1. The van der Waals surface area contributed by atoms with Crippen LogP contribution in [-0.2, 0) is 11.8 Å². The maximum Gasteiger partial charge on any atom is 0.238 e. The van der Waals surface area contributed by atoms with Gasteiger partial charge in [0, 0.05) is 24.1 Å². The maximum absolute atomic E-state index is 12.5. The fraction of sp³-hybridized carbons (Fsp3) is 0.429. The molecule has 0 saturated carbocycles. The van der Waals surface area contributed by atoms with Gasteiger partial charge in [-0.1, -0.05) is 18.2 Å². The molecule has 6 heteroatoms. The van der Waals surface area contributed by atoms with E-state index in [0.29, 0.717) is 12.5 Å². The highest BCUT2D eigenvalue weighted by molar-refractivity contribution is 5.93. The molecule has 0 atom stereocenters. The van der Waals surface area contributed by atoms with Gasteiger partial charge in [0.25, 0.3) is 0 Å². The summed E-state index contributed by atoms with van der Waals surface area (Å²) >= 11 is 0. The topological polar surface area (TPSA) is 66.0 Å². The maximum atomic E-state index is 12.5. The van der Waals surface area contributed by atoms with Crippen LogP contribution in [0.15, 0.2) is 30.5 Å². The molecule has 2 aromatic heterocycles. The molecular weight excluding hydrogens is 338 g/mol. The predicted molar refractivity (Wildman–Crippen MR) is 108 cm³/mol. The molecule has 0 bridgehead atoms. The van der Waals surface area contributed by atoms with Crippen molar-refractivity contribution in [2.75, 3.05) is 25.0 Å². The van der Waals surface area contributed by atoms with Crippen molar-refractivity contribution in [3.05, 3.63) is 47.4 Å². The summed E-state index contributed by atoms with van der Waals surface area (Å²) in [5.74, 6) is 0.600. The average Bonchev–Trinajstić information content (AvgIpc) is 3.19. The molecule has 142 valence electrons. The van der Waals surface area contributed by atoms with Crippen molar-refractivity contribution in [2.24, 2.45) is 7.05 Å². The van der Waals surface area contributed by atoms with Crippen molar-refractivity contribution >= 4 is 22.5 Å². The van der Waals surface area contributed by atoms with E-state index in [0.717, 1.165) is 43.0 Å². The van der Waals surface area contributed by atoms with Gasteiger partial charge < -0.3 is 10.3 Å². The summed E-state index contributed by atoms with van der Waals surface area (Å²) in [6, 6.07) is 8.48. The second-order valence-corrected chi connectivity index (χ2v) is 7.56. The normalized spacial score (nSPS) is 16.1. The molecule has 1 aromatic carbocycles. The molecule has 0 unspecified atom stereocenters. The Bertz CT molecular complexity index is 962. The molecule has 0 spiro atoms. The second kappa shape index (κ2) is 7.19. The van der Waals surface area contributed by atoms with Crippen LogP contribution in [0.5, 0.6) is 0 Å². The Morgan fingerprint density at radius 1 is 1.26 bits per heavy atom. The van der Waals surface area contributed by atoms with Crippen LogP contribution in [0.4, 0.5) is 5.69 Å². The number of nitrogens with zero attached hydrogens (tertiary/aromatic N) is 3. The molecule has 3 heterocycles. The number of rotatable bonds is 4. The van der Waals surface area contributed by atoms with E-state index in [2.05, 4.69) is 50.8 Å². The largest absolute Gasteiger partial charge is 0.361 e. The number of benzene rings is 1. The fourth-order valence-corrected chi connectivity index (χ4v) is 4.17. The number of piperidine rings is 1. The molecule has 2 N–H and O–H groups in total. The lowest BCUT2D eigenvalue weighted by Crippen LogP contribution is -2.38. The summed E-state index contributed by atoms with van der Waals surface area (Å²) in [5.41, 5.74) is 5.31.